The quantitative estimate of drug-likeness (QED) is 0.248. The highest BCUT2D eigenvalue weighted by Gasteiger charge is 1.75. The van der Waals surface area contributed by atoms with E-state index in [1.54, 1.807) is 0 Å². The number of halogens is 1. The minimum absolute atomic E-state index is 0.476. The molecule has 2 nitrogen and oxygen atoms in total. The smallest absolute Gasteiger partial charge is 0.129 e. The minimum atomic E-state index is 0.476. The SMILES string of the molecule is CSCOOCl. The second kappa shape index (κ2) is 5.56. The van der Waals surface area contributed by atoms with Gasteiger partial charge < -0.3 is 0 Å². The van der Waals surface area contributed by atoms with Crippen LogP contribution in [0.3, 0.4) is 0 Å². The molecule has 0 bridgehead atoms. The fourth-order valence-corrected chi connectivity index (χ4v) is 0.308. The summed E-state index contributed by atoms with van der Waals surface area (Å²) < 4.78 is 3.73. The maximum atomic E-state index is 4.64. The van der Waals surface area contributed by atoms with Gasteiger partial charge >= 0.3 is 0 Å². The molecule has 0 aromatic rings. The van der Waals surface area contributed by atoms with Crippen molar-refractivity contribution >= 4 is 23.6 Å². The molecule has 0 radical (unpaired) electrons. The first kappa shape index (κ1) is 6.56. The summed E-state index contributed by atoms with van der Waals surface area (Å²) in [5, 5.41) is 0. The molecule has 0 aliphatic heterocycles. The largest absolute Gasteiger partial charge is 0.207 e. The zero-order valence-electron chi connectivity index (χ0n) is 3.31. The molecule has 0 heterocycles. The van der Waals surface area contributed by atoms with Gasteiger partial charge in [-0.3, -0.25) is 0 Å². The molecule has 0 fully saturated rings. The summed E-state index contributed by atoms with van der Waals surface area (Å²) in [5.41, 5.74) is 0. The van der Waals surface area contributed by atoms with Gasteiger partial charge in [-0.1, -0.05) is 0 Å². The minimum Gasteiger partial charge on any atom is -0.207 e. The Hall–Kier alpha value is 0.560. The average Bonchev–Trinajstić information content (AvgIpc) is 1.61. The highest BCUT2D eigenvalue weighted by Crippen LogP contribution is 1.92. The lowest BCUT2D eigenvalue weighted by Crippen LogP contribution is -1.79. The van der Waals surface area contributed by atoms with E-state index in [0.717, 1.165) is 0 Å². The maximum absolute atomic E-state index is 4.64. The van der Waals surface area contributed by atoms with Crippen LogP contribution in [0.2, 0.25) is 0 Å². The zero-order valence-corrected chi connectivity index (χ0v) is 4.88. The molecule has 0 rings (SSSR count). The standard InChI is InChI=1S/C2H5ClO2S/c1-6-2-4-5-3/h2H2,1H3. The van der Waals surface area contributed by atoms with Crippen LogP contribution in [-0.2, 0) is 9.33 Å². The predicted octanol–water partition coefficient (Wildman–Crippen LogP) is 1.41. The Morgan fingerprint density at radius 3 is 2.67 bits per heavy atom. The predicted molar refractivity (Wildman–Crippen MR) is 26.4 cm³/mol. The van der Waals surface area contributed by atoms with Gasteiger partial charge in [-0.05, 0) is 6.26 Å². The summed E-state index contributed by atoms with van der Waals surface area (Å²) >= 11 is 6.14. The highest BCUT2D eigenvalue weighted by atomic mass is 35.5. The van der Waals surface area contributed by atoms with Gasteiger partial charge in [0.1, 0.15) is 5.94 Å². The molecule has 38 valence electrons. The number of rotatable bonds is 3. The van der Waals surface area contributed by atoms with Gasteiger partial charge in [-0.15, -0.1) is 16.2 Å². The van der Waals surface area contributed by atoms with Crippen LogP contribution in [0, 0.1) is 0 Å². The van der Waals surface area contributed by atoms with Crippen LogP contribution in [-0.4, -0.2) is 12.2 Å². The second-order valence-electron chi connectivity index (χ2n) is 0.587. The fraction of sp³-hybridized carbons (Fsp3) is 1.00. The Morgan fingerprint density at radius 1 is 1.83 bits per heavy atom. The van der Waals surface area contributed by atoms with E-state index in [-0.39, 0.29) is 0 Å². The zero-order chi connectivity index (χ0) is 4.83. The van der Waals surface area contributed by atoms with Gasteiger partial charge in [0.2, 0.25) is 0 Å². The van der Waals surface area contributed by atoms with Gasteiger partial charge in [-0.25, -0.2) is 4.89 Å². The summed E-state index contributed by atoms with van der Waals surface area (Å²) in [5.74, 6) is 0.476. The number of thioether (sulfide) groups is 1. The lowest BCUT2D eigenvalue weighted by molar-refractivity contribution is -0.181. The van der Waals surface area contributed by atoms with E-state index in [2.05, 4.69) is 21.2 Å². The molecule has 0 saturated heterocycles. The lowest BCUT2D eigenvalue weighted by Gasteiger charge is -1.87. The fourth-order valence-electron chi connectivity index (χ4n) is 0.0663. The van der Waals surface area contributed by atoms with Crippen molar-refractivity contribution in [3.8, 4) is 0 Å². The number of hydrogen-bond donors (Lipinski definition) is 0. The third-order valence-electron chi connectivity index (χ3n) is 0.211. The van der Waals surface area contributed by atoms with Crippen LogP contribution < -0.4 is 0 Å². The molecule has 0 N–H and O–H groups in total. The van der Waals surface area contributed by atoms with E-state index in [4.69, 9.17) is 0 Å². The van der Waals surface area contributed by atoms with Gasteiger partial charge in [0.25, 0.3) is 0 Å². The van der Waals surface area contributed by atoms with E-state index in [1.807, 2.05) is 6.26 Å². The third-order valence-corrected chi connectivity index (χ3v) is 0.632. The molecule has 0 saturated carbocycles. The van der Waals surface area contributed by atoms with E-state index >= 15 is 0 Å². The molecule has 4 heteroatoms. The monoisotopic (exact) mass is 128 g/mol. The van der Waals surface area contributed by atoms with Crippen molar-refractivity contribution in [1.82, 2.24) is 0 Å². The molecule has 0 aliphatic rings. The lowest BCUT2D eigenvalue weighted by atomic mass is 11.7. The molecule has 0 aliphatic carbocycles. The Kier molecular flexibility index (Phi) is 6.08. The van der Waals surface area contributed by atoms with Gasteiger partial charge in [-0.2, -0.15) is 0 Å². The van der Waals surface area contributed by atoms with Crippen LogP contribution in [0.15, 0.2) is 0 Å². The maximum Gasteiger partial charge on any atom is 0.129 e. The first-order valence-electron chi connectivity index (χ1n) is 1.31. The van der Waals surface area contributed by atoms with Gasteiger partial charge in [0.05, 0.1) is 11.9 Å². The van der Waals surface area contributed by atoms with E-state index < -0.39 is 0 Å². The normalized spacial score (nSPS) is 9.00. The van der Waals surface area contributed by atoms with Crippen molar-refractivity contribution < 1.29 is 9.33 Å². The molecule has 0 aromatic carbocycles. The summed E-state index contributed by atoms with van der Waals surface area (Å²) in [6.07, 6.45) is 1.88. The van der Waals surface area contributed by atoms with Gasteiger partial charge in [0.15, 0.2) is 0 Å². The van der Waals surface area contributed by atoms with Crippen LogP contribution in [0.4, 0.5) is 0 Å². The second-order valence-corrected chi connectivity index (χ2v) is 1.53. The van der Waals surface area contributed by atoms with Crippen LogP contribution in [0.5, 0.6) is 0 Å². The molecule has 0 aromatic heterocycles. The topological polar surface area (TPSA) is 18.5 Å². The first-order chi connectivity index (χ1) is 2.91. The Bertz CT molecular complexity index is 23.5. The van der Waals surface area contributed by atoms with E-state index in [1.165, 1.54) is 11.8 Å². The van der Waals surface area contributed by atoms with Crippen LogP contribution in [0.25, 0.3) is 0 Å². The summed E-state index contributed by atoms with van der Waals surface area (Å²) in [7, 11) is 0. The molecular weight excluding hydrogens is 124 g/mol. The summed E-state index contributed by atoms with van der Waals surface area (Å²) in [6.45, 7) is 0. The highest BCUT2D eigenvalue weighted by molar-refractivity contribution is 7.98. The van der Waals surface area contributed by atoms with Crippen molar-refractivity contribution in [3.05, 3.63) is 0 Å². The van der Waals surface area contributed by atoms with Crippen molar-refractivity contribution in [1.29, 1.82) is 0 Å². The number of hydrogen-bond acceptors (Lipinski definition) is 3. The third kappa shape index (κ3) is 4.56. The van der Waals surface area contributed by atoms with Crippen LogP contribution >= 0.6 is 23.6 Å². The Labute approximate surface area is 45.9 Å². The van der Waals surface area contributed by atoms with Crippen LogP contribution in [0.1, 0.15) is 0 Å². The Morgan fingerprint density at radius 2 is 2.50 bits per heavy atom. The Balaban J connectivity index is 2.34. The van der Waals surface area contributed by atoms with Crippen molar-refractivity contribution in [3.63, 3.8) is 0 Å². The van der Waals surface area contributed by atoms with Crippen molar-refractivity contribution in [2.24, 2.45) is 0 Å². The molecule has 0 amide bonds. The summed E-state index contributed by atoms with van der Waals surface area (Å²) in [4.78, 5) is 4.21. The molecule has 0 unspecified atom stereocenters. The van der Waals surface area contributed by atoms with E-state index in [9.17, 15) is 0 Å². The van der Waals surface area contributed by atoms with Gasteiger partial charge in [0, 0.05) is 0 Å². The summed E-state index contributed by atoms with van der Waals surface area (Å²) in [6, 6.07) is 0. The van der Waals surface area contributed by atoms with Crippen molar-refractivity contribution in [2.75, 3.05) is 12.2 Å². The van der Waals surface area contributed by atoms with Crippen molar-refractivity contribution in [2.45, 2.75) is 0 Å². The molecular formula is C2H5ClO2S. The molecule has 0 atom stereocenters. The molecule has 6 heavy (non-hydrogen) atoms. The molecule has 0 spiro atoms. The average molecular weight is 129 g/mol. The van der Waals surface area contributed by atoms with E-state index in [0.29, 0.717) is 5.94 Å². The first-order valence-corrected chi connectivity index (χ1v) is 3.01.